The summed E-state index contributed by atoms with van der Waals surface area (Å²) < 4.78 is 46.7. The Hall–Kier alpha value is -3.52. The lowest BCUT2D eigenvalue weighted by molar-refractivity contribution is -0.138. The molecular weight excluding hydrogens is 471 g/mol. The summed E-state index contributed by atoms with van der Waals surface area (Å²) in [6, 6.07) is 7.26. The average molecular weight is 492 g/mol. The zero-order valence-electron chi connectivity index (χ0n) is 17.9. The summed E-state index contributed by atoms with van der Waals surface area (Å²) in [5.41, 5.74) is -0.406. The number of amides is 1. The molecule has 0 atom stereocenters. The fourth-order valence-electron chi connectivity index (χ4n) is 3.28. The van der Waals surface area contributed by atoms with Gasteiger partial charge in [-0.1, -0.05) is 48.0 Å². The van der Waals surface area contributed by atoms with E-state index in [-0.39, 0.29) is 29.5 Å². The number of ether oxygens (including phenoxy) is 1. The number of hydrogen-bond acceptors (Lipinski definition) is 3. The smallest absolute Gasteiger partial charge is 0.417 e. The number of halogens is 4. The minimum Gasteiger partial charge on any atom is -0.493 e. The molecule has 1 amide bonds. The van der Waals surface area contributed by atoms with Gasteiger partial charge in [0.05, 0.1) is 34.9 Å². The molecule has 0 heterocycles. The first-order valence-electron chi connectivity index (χ1n) is 10.3. The van der Waals surface area contributed by atoms with Crippen LogP contribution < -0.4 is 10.1 Å². The molecule has 5 nitrogen and oxygen atoms in total. The number of nitrogens with one attached hydrogen (secondary N) is 1. The number of allylic oxidation sites excluding steroid dienone is 5. The Morgan fingerprint density at radius 1 is 1.12 bits per heavy atom. The van der Waals surface area contributed by atoms with Crippen molar-refractivity contribution in [1.82, 2.24) is 0 Å². The second kappa shape index (κ2) is 11.1. The Balaban J connectivity index is 1.76. The van der Waals surface area contributed by atoms with E-state index in [0.717, 1.165) is 24.1 Å². The molecule has 0 unspecified atom stereocenters. The second-order valence-electron chi connectivity index (χ2n) is 7.44. The monoisotopic (exact) mass is 491 g/mol. The van der Waals surface area contributed by atoms with Crippen molar-refractivity contribution in [3.63, 3.8) is 0 Å². The van der Waals surface area contributed by atoms with Gasteiger partial charge in [0.25, 0.3) is 5.91 Å². The summed E-state index contributed by atoms with van der Waals surface area (Å²) in [5, 5.41) is 11.3. The van der Waals surface area contributed by atoms with E-state index in [1.807, 2.05) is 30.4 Å². The molecule has 34 heavy (non-hydrogen) atoms. The van der Waals surface area contributed by atoms with Gasteiger partial charge in [0.1, 0.15) is 5.75 Å². The Kier molecular flexibility index (Phi) is 8.17. The molecule has 0 fully saturated rings. The summed E-state index contributed by atoms with van der Waals surface area (Å²) in [7, 11) is 0. The van der Waals surface area contributed by atoms with Crippen molar-refractivity contribution in [2.75, 3.05) is 11.9 Å². The van der Waals surface area contributed by atoms with E-state index in [9.17, 15) is 22.8 Å². The summed E-state index contributed by atoms with van der Waals surface area (Å²) in [5.74, 6) is -2.14. The molecular formula is C25H21ClF3NO4. The van der Waals surface area contributed by atoms with Gasteiger partial charge < -0.3 is 15.2 Å². The SMILES string of the molecule is O=C(O)Cc1ccc(Cl)c(NC(=O)c2ccc(OCCC3=CCC=CC=C3)cc2C(F)(F)F)c1. The fraction of sp³-hybridized carbons (Fsp3) is 0.200. The minimum absolute atomic E-state index is 0.0121. The van der Waals surface area contributed by atoms with Crippen LogP contribution in [-0.4, -0.2) is 23.6 Å². The molecule has 2 N–H and O–H groups in total. The van der Waals surface area contributed by atoms with Gasteiger partial charge in [0.15, 0.2) is 0 Å². The molecule has 3 rings (SSSR count). The fourth-order valence-corrected chi connectivity index (χ4v) is 3.45. The molecule has 1 aliphatic carbocycles. The van der Waals surface area contributed by atoms with Gasteiger partial charge in [-0.15, -0.1) is 0 Å². The molecule has 0 aliphatic heterocycles. The molecule has 0 radical (unpaired) electrons. The second-order valence-corrected chi connectivity index (χ2v) is 7.85. The number of aliphatic carboxylic acids is 1. The first-order valence-corrected chi connectivity index (χ1v) is 10.7. The quantitative estimate of drug-likeness (QED) is 0.445. The zero-order valence-corrected chi connectivity index (χ0v) is 18.6. The van der Waals surface area contributed by atoms with Gasteiger partial charge in [-0.2, -0.15) is 13.2 Å². The molecule has 178 valence electrons. The van der Waals surface area contributed by atoms with E-state index < -0.39 is 29.2 Å². The van der Waals surface area contributed by atoms with Gasteiger partial charge in [0.2, 0.25) is 0 Å². The predicted molar refractivity (Wildman–Crippen MR) is 123 cm³/mol. The molecule has 0 saturated heterocycles. The van der Waals surface area contributed by atoms with Crippen molar-refractivity contribution >= 4 is 29.2 Å². The lowest BCUT2D eigenvalue weighted by Gasteiger charge is -2.16. The highest BCUT2D eigenvalue weighted by molar-refractivity contribution is 6.34. The number of rotatable bonds is 8. The van der Waals surface area contributed by atoms with Crippen molar-refractivity contribution in [2.24, 2.45) is 0 Å². The Labute approximate surface area is 199 Å². The van der Waals surface area contributed by atoms with Crippen LogP contribution in [0.25, 0.3) is 0 Å². The van der Waals surface area contributed by atoms with Crippen LogP contribution in [0.3, 0.4) is 0 Å². The maximum atomic E-state index is 13.7. The number of alkyl halides is 3. The third kappa shape index (κ3) is 6.99. The zero-order chi connectivity index (χ0) is 24.7. The molecule has 1 aliphatic rings. The molecule has 0 bridgehead atoms. The van der Waals surface area contributed by atoms with Crippen molar-refractivity contribution < 1.29 is 32.6 Å². The third-order valence-electron chi connectivity index (χ3n) is 4.91. The highest BCUT2D eigenvalue weighted by Crippen LogP contribution is 2.35. The highest BCUT2D eigenvalue weighted by Gasteiger charge is 2.36. The van der Waals surface area contributed by atoms with Crippen molar-refractivity contribution in [1.29, 1.82) is 0 Å². The van der Waals surface area contributed by atoms with Gasteiger partial charge in [-0.25, -0.2) is 0 Å². The van der Waals surface area contributed by atoms with Crippen LogP contribution in [0.5, 0.6) is 5.75 Å². The van der Waals surface area contributed by atoms with Gasteiger partial charge >= 0.3 is 12.1 Å². The number of benzene rings is 2. The lowest BCUT2D eigenvalue weighted by atomic mass is 10.1. The number of carboxylic acid groups (broad SMARTS) is 1. The average Bonchev–Trinajstić information content (AvgIpc) is 3.04. The molecule has 0 aromatic heterocycles. The van der Waals surface area contributed by atoms with Gasteiger partial charge in [0, 0.05) is 6.42 Å². The standard InChI is InChI=1S/C25H21ClF3NO4/c26-21-10-7-17(14-23(31)32)13-22(21)30-24(33)19-9-8-18(15-20(19)25(27,28)29)34-12-11-16-5-3-1-2-4-6-16/h1-3,5-10,13,15H,4,11-12,14H2,(H,30,33)(H,31,32). The van der Waals surface area contributed by atoms with Gasteiger partial charge in [-0.05, 0) is 47.9 Å². The van der Waals surface area contributed by atoms with Gasteiger partial charge in [-0.3, -0.25) is 9.59 Å². The Morgan fingerprint density at radius 3 is 2.65 bits per heavy atom. The van der Waals surface area contributed by atoms with Crippen LogP contribution in [0, 0.1) is 0 Å². The number of carboxylic acids is 1. The molecule has 2 aromatic carbocycles. The summed E-state index contributed by atoms with van der Waals surface area (Å²) in [4.78, 5) is 23.6. The largest absolute Gasteiger partial charge is 0.493 e. The number of hydrogen-bond donors (Lipinski definition) is 2. The summed E-state index contributed by atoms with van der Waals surface area (Å²) in [6.45, 7) is 0.172. The van der Waals surface area contributed by atoms with Crippen LogP contribution in [0.1, 0.15) is 34.3 Å². The van der Waals surface area contributed by atoms with Crippen LogP contribution in [0.2, 0.25) is 5.02 Å². The number of carbonyl (C=O) groups is 2. The first kappa shape index (κ1) is 25.1. The number of anilines is 1. The van der Waals surface area contributed by atoms with E-state index in [2.05, 4.69) is 5.32 Å². The maximum Gasteiger partial charge on any atom is 0.417 e. The molecule has 2 aromatic rings. The Bertz CT molecular complexity index is 1170. The van der Waals surface area contributed by atoms with Crippen LogP contribution in [0.4, 0.5) is 18.9 Å². The van der Waals surface area contributed by atoms with Crippen molar-refractivity contribution in [2.45, 2.75) is 25.4 Å². The third-order valence-corrected chi connectivity index (χ3v) is 5.24. The van der Waals surface area contributed by atoms with E-state index in [1.54, 1.807) is 0 Å². The minimum atomic E-state index is -4.81. The maximum absolute atomic E-state index is 13.7. The topological polar surface area (TPSA) is 75.6 Å². The van der Waals surface area contributed by atoms with E-state index in [1.165, 1.54) is 24.3 Å². The Morgan fingerprint density at radius 2 is 1.91 bits per heavy atom. The summed E-state index contributed by atoms with van der Waals surface area (Å²) in [6.07, 6.45) is 5.87. The lowest BCUT2D eigenvalue weighted by Crippen LogP contribution is -2.19. The molecule has 9 heteroatoms. The van der Waals surface area contributed by atoms with Crippen molar-refractivity contribution in [3.8, 4) is 5.75 Å². The van der Waals surface area contributed by atoms with E-state index >= 15 is 0 Å². The van der Waals surface area contributed by atoms with E-state index in [4.69, 9.17) is 21.4 Å². The number of carbonyl (C=O) groups excluding carboxylic acids is 1. The van der Waals surface area contributed by atoms with E-state index in [0.29, 0.717) is 12.0 Å². The molecule has 0 spiro atoms. The summed E-state index contributed by atoms with van der Waals surface area (Å²) >= 11 is 6.03. The normalized spacial score (nSPS) is 13.2. The van der Waals surface area contributed by atoms with Crippen LogP contribution >= 0.6 is 11.6 Å². The highest BCUT2D eigenvalue weighted by atomic mass is 35.5. The van der Waals surface area contributed by atoms with Crippen LogP contribution in [-0.2, 0) is 17.4 Å². The molecule has 0 saturated carbocycles. The predicted octanol–water partition coefficient (Wildman–Crippen LogP) is 6.45. The van der Waals surface area contributed by atoms with Crippen LogP contribution in [0.15, 0.2) is 72.4 Å². The first-order chi connectivity index (χ1) is 16.1. The van der Waals surface area contributed by atoms with Crippen molar-refractivity contribution in [3.05, 3.63) is 94.1 Å².